The molecule has 1 heterocycles. The molecule has 0 aromatic heterocycles. The Morgan fingerprint density at radius 1 is 0.964 bits per heavy atom. The molecule has 2 atom stereocenters. The molecule has 4 N–H and O–H groups in total. The zero-order valence-corrected chi connectivity index (χ0v) is 17.3. The van der Waals surface area contributed by atoms with Crippen molar-refractivity contribution in [1.82, 2.24) is 0 Å². The average Bonchev–Trinajstić information content (AvgIpc) is 2.66. The lowest BCUT2D eigenvalue weighted by molar-refractivity contribution is -1.01. The molecule has 7 heteroatoms. The summed E-state index contributed by atoms with van der Waals surface area (Å²) in [6.07, 6.45) is -0.817. The molecule has 1 aliphatic heterocycles. The molecule has 0 saturated carbocycles. The minimum absolute atomic E-state index is 0.0245. The lowest BCUT2D eigenvalue weighted by Crippen LogP contribution is -3.29. The summed E-state index contributed by atoms with van der Waals surface area (Å²) in [7, 11) is 0. The molecule has 1 aromatic carbocycles. The number of nitrogens with one attached hydrogen (secondary N) is 2. The van der Waals surface area contributed by atoms with Crippen molar-refractivity contribution >= 4 is 5.78 Å². The minimum atomic E-state index is -0.533. The number of aliphatic hydroxyl groups excluding tert-OH is 2. The molecule has 0 bridgehead atoms. The van der Waals surface area contributed by atoms with Gasteiger partial charge in [0, 0.05) is 5.56 Å². The van der Waals surface area contributed by atoms with Gasteiger partial charge in [-0.05, 0) is 45.0 Å². The Morgan fingerprint density at radius 2 is 1.46 bits per heavy atom. The Kier molecular flexibility index (Phi) is 9.34. The van der Waals surface area contributed by atoms with Gasteiger partial charge < -0.3 is 29.5 Å². The first-order valence-corrected chi connectivity index (χ1v) is 10.2. The van der Waals surface area contributed by atoms with E-state index in [1.807, 2.05) is 13.8 Å². The quantitative estimate of drug-likeness (QED) is 0.332. The first-order valence-electron chi connectivity index (χ1n) is 10.2. The van der Waals surface area contributed by atoms with E-state index in [2.05, 4.69) is 0 Å². The summed E-state index contributed by atoms with van der Waals surface area (Å²) in [6, 6.07) is 6.98. The molecule has 1 aromatic rings. The fourth-order valence-corrected chi connectivity index (χ4v) is 3.43. The van der Waals surface area contributed by atoms with Crippen LogP contribution in [0.3, 0.4) is 0 Å². The monoisotopic (exact) mass is 396 g/mol. The smallest absolute Gasteiger partial charge is 0.159 e. The van der Waals surface area contributed by atoms with Crippen LogP contribution in [0.2, 0.25) is 0 Å². The summed E-state index contributed by atoms with van der Waals surface area (Å²) < 4.78 is 11.1. The summed E-state index contributed by atoms with van der Waals surface area (Å²) in [5.41, 5.74) is 0.651. The van der Waals surface area contributed by atoms with Crippen molar-refractivity contribution in [3.8, 4) is 5.75 Å². The first kappa shape index (κ1) is 22.8. The highest BCUT2D eigenvalue weighted by atomic mass is 16.5. The number of ether oxygens (including phenoxy) is 2. The Morgan fingerprint density at radius 3 is 1.93 bits per heavy atom. The van der Waals surface area contributed by atoms with Gasteiger partial charge in [-0.3, -0.25) is 4.79 Å². The number of aliphatic hydroxyl groups is 2. The number of ketones is 1. The fourth-order valence-electron chi connectivity index (χ4n) is 3.43. The maximum absolute atomic E-state index is 11.3. The molecular weight excluding hydrogens is 360 g/mol. The number of rotatable bonds is 11. The second-order valence-electron chi connectivity index (χ2n) is 7.99. The van der Waals surface area contributed by atoms with Gasteiger partial charge in [-0.1, -0.05) is 0 Å². The standard InChI is InChI=1S/C21H34N2O5/c1-16(2)27-14-19(25)12-22-8-10-23(11-9-22)13-20(26)15-28-21-6-4-18(5-7-21)17(3)24/h4-7,16,19-20,25-26H,8-15H2,1-3H3/p+2/t19-,20-/m0/s1. The third-order valence-corrected chi connectivity index (χ3v) is 5.04. The van der Waals surface area contributed by atoms with E-state index in [-0.39, 0.29) is 18.5 Å². The number of piperazine rings is 1. The van der Waals surface area contributed by atoms with E-state index >= 15 is 0 Å². The van der Waals surface area contributed by atoms with E-state index in [1.54, 1.807) is 24.3 Å². The van der Waals surface area contributed by atoms with Crippen LogP contribution in [0.15, 0.2) is 24.3 Å². The molecule has 28 heavy (non-hydrogen) atoms. The van der Waals surface area contributed by atoms with Crippen LogP contribution in [0.1, 0.15) is 31.1 Å². The van der Waals surface area contributed by atoms with Crippen molar-refractivity contribution in [2.45, 2.75) is 39.1 Å². The van der Waals surface area contributed by atoms with E-state index in [9.17, 15) is 15.0 Å². The lowest BCUT2D eigenvalue weighted by atomic mass is 10.1. The molecule has 0 spiro atoms. The van der Waals surface area contributed by atoms with E-state index in [0.717, 1.165) is 26.2 Å². The third-order valence-electron chi connectivity index (χ3n) is 5.04. The molecular formula is C21H36N2O5+2. The van der Waals surface area contributed by atoms with Crippen LogP contribution < -0.4 is 14.5 Å². The van der Waals surface area contributed by atoms with Crippen LogP contribution in [0.25, 0.3) is 0 Å². The van der Waals surface area contributed by atoms with Crippen LogP contribution in [0.4, 0.5) is 0 Å². The first-order chi connectivity index (χ1) is 13.3. The van der Waals surface area contributed by atoms with Gasteiger partial charge in [0.15, 0.2) is 5.78 Å². The Bertz CT molecular complexity index is 585. The second-order valence-corrected chi connectivity index (χ2v) is 7.99. The van der Waals surface area contributed by atoms with E-state index in [1.165, 1.54) is 16.7 Å². The van der Waals surface area contributed by atoms with Crippen molar-refractivity contribution in [1.29, 1.82) is 0 Å². The van der Waals surface area contributed by atoms with Crippen LogP contribution in [0, 0.1) is 0 Å². The molecule has 158 valence electrons. The summed E-state index contributed by atoms with van der Waals surface area (Å²) in [6.45, 7) is 11.4. The van der Waals surface area contributed by atoms with E-state index in [0.29, 0.717) is 31.0 Å². The second kappa shape index (κ2) is 11.5. The minimum Gasteiger partial charge on any atom is -0.491 e. The van der Waals surface area contributed by atoms with Crippen molar-refractivity contribution in [2.75, 3.05) is 52.5 Å². The van der Waals surface area contributed by atoms with Gasteiger partial charge in [-0.2, -0.15) is 0 Å². The number of benzene rings is 1. The highest BCUT2D eigenvalue weighted by Gasteiger charge is 2.26. The van der Waals surface area contributed by atoms with Crippen LogP contribution in [-0.4, -0.2) is 86.8 Å². The van der Waals surface area contributed by atoms with E-state index < -0.39 is 12.2 Å². The Balaban J connectivity index is 1.63. The van der Waals surface area contributed by atoms with Crippen molar-refractivity contribution in [3.05, 3.63) is 29.8 Å². The molecule has 7 nitrogen and oxygen atoms in total. The highest BCUT2D eigenvalue weighted by Crippen LogP contribution is 2.12. The number of Topliss-reactive ketones (excluding diaryl/α,β-unsaturated/α-hetero) is 1. The van der Waals surface area contributed by atoms with Gasteiger partial charge in [0.25, 0.3) is 0 Å². The summed E-state index contributed by atoms with van der Waals surface area (Å²) in [5, 5.41) is 20.3. The molecule has 2 rings (SSSR count). The molecule has 1 fully saturated rings. The van der Waals surface area contributed by atoms with Gasteiger partial charge >= 0.3 is 0 Å². The number of hydrogen-bond acceptors (Lipinski definition) is 5. The van der Waals surface area contributed by atoms with Crippen LogP contribution >= 0.6 is 0 Å². The fraction of sp³-hybridized carbons (Fsp3) is 0.667. The maximum Gasteiger partial charge on any atom is 0.159 e. The Labute approximate surface area is 167 Å². The lowest BCUT2D eigenvalue weighted by Gasteiger charge is -2.31. The average molecular weight is 397 g/mol. The SMILES string of the molecule is CC(=O)c1ccc(OC[C@@H](O)C[NH+]2CC[NH+](C[C@H](O)COC(C)C)CC2)cc1. The number of carbonyl (C=O) groups excluding carboxylic acids is 1. The predicted molar refractivity (Wildman–Crippen MR) is 106 cm³/mol. The number of quaternary nitrogens is 2. The normalized spacial score (nSPS) is 22.1. The topological polar surface area (TPSA) is 84.9 Å². The summed E-state index contributed by atoms with van der Waals surface area (Å²) >= 11 is 0. The predicted octanol–water partition coefficient (Wildman–Crippen LogP) is -1.80. The number of hydrogen-bond donors (Lipinski definition) is 4. The molecule has 0 radical (unpaired) electrons. The summed E-state index contributed by atoms with van der Waals surface area (Å²) in [4.78, 5) is 14.0. The van der Waals surface area contributed by atoms with Gasteiger partial charge in [0.2, 0.25) is 0 Å². The van der Waals surface area contributed by atoms with Gasteiger partial charge in [-0.25, -0.2) is 0 Å². The Hall–Kier alpha value is -1.51. The third kappa shape index (κ3) is 8.24. The van der Waals surface area contributed by atoms with Gasteiger partial charge in [-0.15, -0.1) is 0 Å². The zero-order valence-electron chi connectivity index (χ0n) is 17.3. The van der Waals surface area contributed by atoms with Gasteiger partial charge in [0.1, 0.15) is 63.8 Å². The molecule has 1 aliphatic rings. The molecule has 1 saturated heterocycles. The van der Waals surface area contributed by atoms with Crippen molar-refractivity contribution < 1.29 is 34.3 Å². The summed E-state index contributed by atoms with van der Waals surface area (Å²) in [5.74, 6) is 0.683. The molecule has 0 unspecified atom stereocenters. The van der Waals surface area contributed by atoms with Crippen LogP contribution in [0.5, 0.6) is 5.75 Å². The van der Waals surface area contributed by atoms with Crippen molar-refractivity contribution in [3.63, 3.8) is 0 Å². The van der Waals surface area contributed by atoms with Gasteiger partial charge in [0.05, 0.1) is 12.7 Å². The van der Waals surface area contributed by atoms with Crippen LogP contribution in [-0.2, 0) is 4.74 Å². The molecule has 0 aliphatic carbocycles. The zero-order chi connectivity index (χ0) is 20.5. The largest absolute Gasteiger partial charge is 0.491 e. The maximum atomic E-state index is 11.3. The van der Waals surface area contributed by atoms with Crippen molar-refractivity contribution in [2.24, 2.45) is 0 Å². The highest BCUT2D eigenvalue weighted by molar-refractivity contribution is 5.94. The molecule has 0 amide bonds. The number of carbonyl (C=O) groups is 1. The van der Waals surface area contributed by atoms with E-state index in [4.69, 9.17) is 9.47 Å².